The molecule has 7 heteroatoms. The van der Waals surface area contributed by atoms with Crippen molar-refractivity contribution in [3.63, 3.8) is 0 Å². The van der Waals surface area contributed by atoms with Crippen LogP contribution in [0.4, 0.5) is 0 Å². The van der Waals surface area contributed by atoms with Crippen LogP contribution in [0.2, 0.25) is 0 Å². The van der Waals surface area contributed by atoms with Gasteiger partial charge in [-0.3, -0.25) is 4.98 Å². The standard InChI is InChI=1S/C12H18BrN3O2S/c1-12(3-2-4-14-8-12)9-16-19(17,18)11-5-10(13)6-15-7-11/h5-7,14,16H,2-4,8-9H2,1H3. The first-order valence-corrected chi connectivity index (χ1v) is 8.50. The van der Waals surface area contributed by atoms with Crippen LogP contribution in [0.3, 0.4) is 0 Å². The second-order valence-electron chi connectivity index (χ2n) is 5.25. The summed E-state index contributed by atoms with van der Waals surface area (Å²) in [6, 6.07) is 1.55. The molecule has 1 aliphatic rings. The summed E-state index contributed by atoms with van der Waals surface area (Å²) >= 11 is 3.23. The fourth-order valence-electron chi connectivity index (χ4n) is 2.16. The molecule has 2 heterocycles. The summed E-state index contributed by atoms with van der Waals surface area (Å²) in [5.74, 6) is 0. The van der Waals surface area contributed by atoms with Crippen LogP contribution in [-0.2, 0) is 10.0 Å². The molecule has 0 saturated carbocycles. The molecule has 1 saturated heterocycles. The van der Waals surface area contributed by atoms with Crippen molar-refractivity contribution in [2.24, 2.45) is 5.41 Å². The number of aromatic nitrogens is 1. The van der Waals surface area contributed by atoms with E-state index in [2.05, 4.69) is 37.9 Å². The maximum atomic E-state index is 12.2. The summed E-state index contributed by atoms with van der Waals surface area (Å²) in [5.41, 5.74) is -0.0231. The molecule has 1 unspecified atom stereocenters. The topological polar surface area (TPSA) is 71.1 Å². The highest BCUT2D eigenvalue weighted by Gasteiger charge is 2.28. The average molecular weight is 348 g/mol. The number of rotatable bonds is 4. The molecule has 0 aromatic carbocycles. The Bertz CT molecular complexity index is 542. The Morgan fingerprint density at radius 1 is 1.53 bits per heavy atom. The third-order valence-electron chi connectivity index (χ3n) is 3.36. The van der Waals surface area contributed by atoms with E-state index in [1.54, 1.807) is 12.3 Å². The molecule has 2 N–H and O–H groups in total. The molecule has 1 aromatic heterocycles. The fourth-order valence-corrected chi connectivity index (χ4v) is 3.86. The summed E-state index contributed by atoms with van der Waals surface area (Å²) < 4.78 is 27.7. The van der Waals surface area contributed by atoms with Gasteiger partial charge in [0.05, 0.1) is 0 Å². The SMILES string of the molecule is CC1(CNS(=O)(=O)c2cncc(Br)c2)CCCNC1. The molecule has 0 amide bonds. The monoisotopic (exact) mass is 347 g/mol. The largest absolute Gasteiger partial charge is 0.316 e. The Hall–Kier alpha value is -0.500. The van der Waals surface area contributed by atoms with E-state index in [0.717, 1.165) is 25.9 Å². The number of nitrogens with one attached hydrogen (secondary N) is 2. The van der Waals surface area contributed by atoms with Crippen molar-refractivity contribution < 1.29 is 8.42 Å². The van der Waals surface area contributed by atoms with Gasteiger partial charge in [-0.25, -0.2) is 13.1 Å². The highest BCUT2D eigenvalue weighted by Crippen LogP contribution is 2.25. The summed E-state index contributed by atoms with van der Waals surface area (Å²) in [4.78, 5) is 4.07. The van der Waals surface area contributed by atoms with Crippen molar-refractivity contribution in [2.45, 2.75) is 24.7 Å². The Morgan fingerprint density at radius 2 is 2.32 bits per heavy atom. The molecule has 19 heavy (non-hydrogen) atoms. The van der Waals surface area contributed by atoms with Gasteiger partial charge in [-0.2, -0.15) is 0 Å². The van der Waals surface area contributed by atoms with Crippen LogP contribution in [0.15, 0.2) is 27.8 Å². The first-order chi connectivity index (χ1) is 8.91. The Morgan fingerprint density at radius 3 is 2.95 bits per heavy atom. The van der Waals surface area contributed by atoms with Gasteiger partial charge in [0.15, 0.2) is 0 Å². The number of nitrogens with zero attached hydrogens (tertiary/aromatic N) is 1. The van der Waals surface area contributed by atoms with Crippen LogP contribution in [0.5, 0.6) is 0 Å². The van der Waals surface area contributed by atoms with Crippen LogP contribution in [-0.4, -0.2) is 33.0 Å². The number of sulfonamides is 1. The molecular formula is C12H18BrN3O2S. The molecule has 0 aliphatic carbocycles. The van der Waals surface area contributed by atoms with Gasteiger partial charge in [-0.15, -0.1) is 0 Å². The van der Waals surface area contributed by atoms with Gasteiger partial charge < -0.3 is 5.32 Å². The molecule has 0 bridgehead atoms. The van der Waals surface area contributed by atoms with Crippen molar-refractivity contribution in [1.82, 2.24) is 15.0 Å². The van der Waals surface area contributed by atoms with Crippen molar-refractivity contribution in [3.8, 4) is 0 Å². The molecule has 1 aliphatic heterocycles. The van der Waals surface area contributed by atoms with Crippen molar-refractivity contribution >= 4 is 26.0 Å². The van der Waals surface area contributed by atoms with Gasteiger partial charge in [-0.1, -0.05) is 6.92 Å². The molecule has 1 aromatic rings. The first kappa shape index (κ1) is 14.9. The molecule has 1 atom stereocenters. The number of halogens is 1. The zero-order valence-electron chi connectivity index (χ0n) is 10.8. The number of hydrogen-bond acceptors (Lipinski definition) is 4. The first-order valence-electron chi connectivity index (χ1n) is 6.22. The van der Waals surface area contributed by atoms with Gasteiger partial charge in [-0.05, 0) is 46.8 Å². The lowest BCUT2D eigenvalue weighted by atomic mass is 9.83. The Labute approximate surface area is 122 Å². The molecule has 0 spiro atoms. The molecular weight excluding hydrogens is 330 g/mol. The Balaban J connectivity index is 2.05. The molecule has 1 fully saturated rings. The Kier molecular flexibility index (Phi) is 4.60. The second kappa shape index (κ2) is 5.87. The lowest BCUT2D eigenvalue weighted by molar-refractivity contribution is 0.238. The highest BCUT2D eigenvalue weighted by atomic mass is 79.9. The van der Waals surface area contributed by atoms with E-state index in [4.69, 9.17) is 0 Å². The zero-order chi connectivity index (χ0) is 13.9. The average Bonchev–Trinajstić information content (AvgIpc) is 2.38. The smallest absolute Gasteiger partial charge is 0.242 e. The summed E-state index contributed by atoms with van der Waals surface area (Å²) in [7, 11) is -3.49. The fraction of sp³-hybridized carbons (Fsp3) is 0.583. The highest BCUT2D eigenvalue weighted by molar-refractivity contribution is 9.10. The van der Waals surface area contributed by atoms with E-state index in [-0.39, 0.29) is 10.3 Å². The minimum absolute atomic E-state index is 0.0231. The minimum atomic E-state index is -3.49. The predicted molar refractivity (Wildman–Crippen MR) is 77.3 cm³/mol. The molecule has 5 nitrogen and oxygen atoms in total. The van der Waals surface area contributed by atoms with Crippen molar-refractivity contribution in [1.29, 1.82) is 0 Å². The number of hydrogen-bond donors (Lipinski definition) is 2. The van der Waals surface area contributed by atoms with Crippen LogP contribution < -0.4 is 10.0 Å². The third-order valence-corrected chi connectivity index (χ3v) is 5.17. The van der Waals surface area contributed by atoms with Crippen LogP contribution in [0.25, 0.3) is 0 Å². The number of pyridine rings is 1. The maximum Gasteiger partial charge on any atom is 0.242 e. The minimum Gasteiger partial charge on any atom is -0.316 e. The van der Waals surface area contributed by atoms with E-state index in [9.17, 15) is 8.42 Å². The van der Waals surface area contributed by atoms with E-state index < -0.39 is 10.0 Å². The third kappa shape index (κ3) is 3.98. The molecule has 0 radical (unpaired) electrons. The maximum absolute atomic E-state index is 12.2. The predicted octanol–water partition coefficient (Wildman–Crippen LogP) is 1.51. The lowest BCUT2D eigenvalue weighted by Crippen LogP contribution is -2.45. The molecule has 2 rings (SSSR count). The van der Waals surface area contributed by atoms with Crippen LogP contribution in [0.1, 0.15) is 19.8 Å². The summed E-state index contributed by atoms with van der Waals surface area (Å²) in [6.07, 6.45) is 5.02. The van der Waals surface area contributed by atoms with E-state index >= 15 is 0 Å². The normalized spacial score (nSPS) is 24.3. The van der Waals surface area contributed by atoms with Gasteiger partial charge in [0, 0.05) is 30.0 Å². The second-order valence-corrected chi connectivity index (χ2v) is 7.94. The van der Waals surface area contributed by atoms with Gasteiger partial charge in [0.25, 0.3) is 0 Å². The van der Waals surface area contributed by atoms with E-state index in [0.29, 0.717) is 11.0 Å². The van der Waals surface area contributed by atoms with E-state index in [1.165, 1.54) is 6.20 Å². The summed E-state index contributed by atoms with van der Waals surface area (Å²) in [5, 5.41) is 3.31. The van der Waals surface area contributed by atoms with E-state index in [1.807, 2.05) is 0 Å². The van der Waals surface area contributed by atoms with Crippen molar-refractivity contribution in [2.75, 3.05) is 19.6 Å². The van der Waals surface area contributed by atoms with Gasteiger partial charge in [0.1, 0.15) is 4.90 Å². The number of piperidine rings is 1. The van der Waals surface area contributed by atoms with Crippen LogP contribution in [0, 0.1) is 5.41 Å². The zero-order valence-corrected chi connectivity index (χ0v) is 13.2. The van der Waals surface area contributed by atoms with Crippen molar-refractivity contribution in [3.05, 3.63) is 22.9 Å². The quantitative estimate of drug-likeness (QED) is 0.865. The summed E-state index contributed by atoms with van der Waals surface area (Å²) in [6.45, 7) is 4.39. The molecule has 106 valence electrons. The van der Waals surface area contributed by atoms with Crippen LogP contribution >= 0.6 is 15.9 Å². The van der Waals surface area contributed by atoms with Gasteiger partial charge in [0.2, 0.25) is 10.0 Å². The lowest BCUT2D eigenvalue weighted by Gasteiger charge is -2.34. The van der Waals surface area contributed by atoms with Gasteiger partial charge >= 0.3 is 0 Å².